The van der Waals surface area contributed by atoms with E-state index < -0.39 is 4.92 Å². The molecule has 0 N–H and O–H groups in total. The maximum Gasteiger partial charge on any atom is 0.311 e. The minimum atomic E-state index is -0.470. The highest BCUT2D eigenvalue weighted by Crippen LogP contribution is 2.29. The second-order valence-corrected chi connectivity index (χ2v) is 5.00. The van der Waals surface area contributed by atoms with E-state index in [1.807, 2.05) is 7.05 Å². The van der Waals surface area contributed by atoms with Crippen LogP contribution in [-0.2, 0) is 4.79 Å². The van der Waals surface area contributed by atoms with Gasteiger partial charge in [-0.05, 0) is 31.7 Å². The molecule has 0 atom stereocenters. The van der Waals surface area contributed by atoms with Gasteiger partial charge in [0.2, 0.25) is 0 Å². The van der Waals surface area contributed by atoms with Crippen LogP contribution in [0.1, 0.15) is 18.9 Å². The van der Waals surface area contributed by atoms with Gasteiger partial charge in [0.05, 0.1) is 11.5 Å². The van der Waals surface area contributed by atoms with Gasteiger partial charge in [0.1, 0.15) is 0 Å². The number of likely N-dealkylation sites (tertiary alicyclic amines) is 1. The molecule has 1 aliphatic rings. The molecule has 0 bridgehead atoms. The Labute approximate surface area is 123 Å². The number of carbonyl (C=O) groups is 1. The fourth-order valence-corrected chi connectivity index (χ4v) is 2.28. The standard InChI is InChI=1S/C15H18N2O4/c1-3-21-15-5-4-11(9-13(15)17(19)20)8-12-10-16(2)7-6-14(12)18/h4-5,8-9H,3,6-7,10H2,1-2H3/b12-8+. The third-order valence-corrected chi connectivity index (χ3v) is 3.34. The highest BCUT2D eigenvalue weighted by molar-refractivity contribution is 6.00. The summed E-state index contributed by atoms with van der Waals surface area (Å²) < 4.78 is 5.24. The molecule has 0 spiro atoms. The first kappa shape index (κ1) is 15.2. The SMILES string of the molecule is CCOc1ccc(/C=C2\CN(C)CCC2=O)cc1[N+](=O)[O-]. The smallest absolute Gasteiger partial charge is 0.311 e. The maximum absolute atomic E-state index is 11.9. The van der Waals surface area contributed by atoms with Crippen LogP contribution >= 0.6 is 0 Å². The number of nitrogens with zero attached hydrogens (tertiary/aromatic N) is 2. The number of rotatable bonds is 4. The van der Waals surface area contributed by atoms with Crippen molar-refractivity contribution >= 4 is 17.5 Å². The lowest BCUT2D eigenvalue weighted by Crippen LogP contribution is -2.32. The van der Waals surface area contributed by atoms with Crippen LogP contribution < -0.4 is 4.74 Å². The zero-order valence-corrected chi connectivity index (χ0v) is 12.2. The van der Waals surface area contributed by atoms with Crippen molar-refractivity contribution in [3.8, 4) is 5.75 Å². The lowest BCUT2D eigenvalue weighted by Gasteiger charge is -2.23. The molecule has 112 valence electrons. The normalized spacial score (nSPS) is 18.0. The molecule has 0 aliphatic carbocycles. The van der Waals surface area contributed by atoms with E-state index in [0.29, 0.717) is 30.7 Å². The van der Waals surface area contributed by atoms with E-state index in [1.165, 1.54) is 6.07 Å². The number of carbonyl (C=O) groups excluding carboxylic acids is 1. The molecule has 1 fully saturated rings. The Balaban J connectivity index is 2.34. The van der Waals surface area contributed by atoms with Crippen LogP contribution in [0.15, 0.2) is 23.8 Å². The van der Waals surface area contributed by atoms with Crippen LogP contribution in [0, 0.1) is 10.1 Å². The Kier molecular flexibility index (Phi) is 4.70. The Bertz CT molecular complexity index is 595. The van der Waals surface area contributed by atoms with Crippen molar-refractivity contribution in [1.29, 1.82) is 0 Å². The number of hydrogen-bond donors (Lipinski definition) is 0. The molecule has 0 saturated carbocycles. The van der Waals surface area contributed by atoms with Crippen LogP contribution in [0.5, 0.6) is 5.75 Å². The largest absolute Gasteiger partial charge is 0.487 e. The van der Waals surface area contributed by atoms with Crippen LogP contribution in [0.2, 0.25) is 0 Å². The monoisotopic (exact) mass is 290 g/mol. The van der Waals surface area contributed by atoms with E-state index in [-0.39, 0.29) is 17.2 Å². The predicted octanol–water partition coefficient (Wildman–Crippen LogP) is 2.28. The van der Waals surface area contributed by atoms with Gasteiger partial charge in [-0.25, -0.2) is 0 Å². The molecule has 21 heavy (non-hydrogen) atoms. The summed E-state index contributed by atoms with van der Waals surface area (Å²) in [5, 5.41) is 11.1. The first-order valence-electron chi connectivity index (χ1n) is 6.84. The Morgan fingerprint density at radius 3 is 2.90 bits per heavy atom. The summed E-state index contributed by atoms with van der Waals surface area (Å²) in [5.74, 6) is 0.348. The summed E-state index contributed by atoms with van der Waals surface area (Å²) in [6.07, 6.45) is 2.21. The zero-order valence-electron chi connectivity index (χ0n) is 12.2. The number of Topliss-reactive ketones (excluding diaryl/α,β-unsaturated/α-hetero) is 1. The van der Waals surface area contributed by atoms with Crippen molar-refractivity contribution in [2.45, 2.75) is 13.3 Å². The first-order valence-corrected chi connectivity index (χ1v) is 6.84. The van der Waals surface area contributed by atoms with Crippen molar-refractivity contribution in [2.24, 2.45) is 0 Å². The van der Waals surface area contributed by atoms with Crippen molar-refractivity contribution < 1.29 is 14.5 Å². The molecule has 1 saturated heterocycles. The van der Waals surface area contributed by atoms with Gasteiger partial charge >= 0.3 is 5.69 Å². The highest BCUT2D eigenvalue weighted by Gasteiger charge is 2.20. The zero-order chi connectivity index (χ0) is 15.4. The average molecular weight is 290 g/mol. The maximum atomic E-state index is 11.9. The van der Waals surface area contributed by atoms with Crippen molar-refractivity contribution in [2.75, 3.05) is 26.7 Å². The molecule has 1 aliphatic heterocycles. The second kappa shape index (κ2) is 6.49. The van der Waals surface area contributed by atoms with E-state index in [9.17, 15) is 14.9 Å². The van der Waals surface area contributed by atoms with Gasteiger partial charge < -0.3 is 9.64 Å². The number of nitro benzene ring substituents is 1. The molecule has 6 heteroatoms. The van der Waals surface area contributed by atoms with E-state index in [1.54, 1.807) is 25.1 Å². The highest BCUT2D eigenvalue weighted by atomic mass is 16.6. The fourth-order valence-electron chi connectivity index (χ4n) is 2.28. The quantitative estimate of drug-likeness (QED) is 0.483. The van der Waals surface area contributed by atoms with E-state index >= 15 is 0 Å². The number of benzene rings is 1. The summed E-state index contributed by atoms with van der Waals surface area (Å²) >= 11 is 0. The number of nitro groups is 1. The van der Waals surface area contributed by atoms with Gasteiger partial charge in [-0.15, -0.1) is 0 Å². The molecule has 6 nitrogen and oxygen atoms in total. The molecule has 0 aromatic heterocycles. The third kappa shape index (κ3) is 3.66. The van der Waals surface area contributed by atoms with E-state index in [2.05, 4.69) is 4.90 Å². The van der Waals surface area contributed by atoms with Crippen molar-refractivity contribution in [1.82, 2.24) is 4.90 Å². The summed E-state index contributed by atoms with van der Waals surface area (Å²) in [6, 6.07) is 4.75. The molecule has 2 rings (SSSR count). The summed E-state index contributed by atoms with van der Waals surface area (Å²) in [4.78, 5) is 24.5. The summed E-state index contributed by atoms with van der Waals surface area (Å²) in [7, 11) is 1.95. The Morgan fingerprint density at radius 1 is 1.48 bits per heavy atom. The van der Waals surface area contributed by atoms with Crippen LogP contribution in [0.4, 0.5) is 5.69 Å². The van der Waals surface area contributed by atoms with Crippen LogP contribution in [-0.4, -0.2) is 42.4 Å². The van der Waals surface area contributed by atoms with E-state index in [4.69, 9.17) is 4.74 Å². The van der Waals surface area contributed by atoms with Gasteiger partial charge in [0, 0.05) is 31.1 Å². The topological polar surface area (TPSA) is 72.7 Å². The average Bonchev–Trinajstić information content (AvgIpc) is 2.44. The second-order valence-electron chi connectivity index (χ2n) is 5.00. The first-order chi connectivity index (χ1) is 10.0. The van der Waals surface area contributed by atoms with Crippen molar-refractivity contribution in [3.63, 3.8) is 0 Å². The lowest BCUT2D eigenvalue weighted by atomic mass is 10.0. The number of hydrogen-bond acceptors (Lipinski definition) is 5. The predicted molar refractivity (Wildman–Crippen MR) is 79.4 cm³/mol. The summed E-state index contributed by atoms with van der Waals surface area (Å²) in [5.41, 5.74) is 1.24. The van der Waals surface area contributed by atoms with Crippen LogP contribution in [0.3, 0.4) is 0 Å². The molecular formula is C15H18N2O4. The molecule has 1 heterocycles. The lowest BCUT2D eigenvalue weighted by molar-refractivity contribution is -0.385. The molecular weight excluding hydrogens is 272 g/mol. The minimum absolute atomic E-state index is 0.0807. The van der Waals surface area contributed by atoms with Crippen molar-refractivity contribution in [3.05, 3.63) is 39.4 Å². The molecule has 1 aromatic carbocycles. The molecule has 0 unspecified atom stereocenters. The fraction of sp³-hybridized carbons (Fsp3) is 0.400. The minimum Gasteiger partial charge on any atom is -0.487 e. The number of likely N-dealkylation sites (N-methyl/N-ethyl adjacent to an activating group) is 1. The number of piperidine rings is 1. The summed E-state index contributed by atoms with van der Waals surface area (Å²) in [6.45, 7) is 3.46. The number of ether oxygens (including phenoxy) is 1. The van der Waals surface area contributed by atoms with Gasteiger partial charge in [-0.2, -0.15) is 0 Å². The Hall–Kier alpha value is -2.21. The van der Waals surface area contributed by atoms with E-state index in [0.717, 1.165) is 6.54 Å². The number of ketones is 1. The van der Waals surface area contributed by atoms with Crippen LogP contribution in [0.25, 0.3) is 6.08 Å². The van der Waals surface area contributed by atoms with Gasteiger partial charge in [-0.3, -0.25) is 14.9 Å². The third-order valence-electron chi connectivity index (χ3n) is 3.34. The Morgan fingerprint density at radius 2 is 2.24 bits per heavy atom. The molecule has 0 radical (unpaired) electrons. The molecule has 0 amide bonds. The van der Waals surface area contributed by atoms with Gasteiger partial charge in [0.15, 0.2) is 11.5 Å². The molecule has 1 aromatic rings. The van der Waals surface area contributed by atoms with Gasteiger partial charge in [0.25, 0.3) is 0 Å². The van der Waals surface area contributed by atoms with Gasteiger partial charge in [-0.1, -0.05) is 6.07 Å².